The van der Waals surface area contributed by atoms with Crippen LogP contribution in [0.15, 0.2) is 35.2 Å². The van der Waals surface area contributed by atoms with Crippen molar-refractivity contribution in [3.05, 3.63) is 56.6 Å². The topological polar surface area (TPSA) is 94.5 Å². The average molecular weight is 455 g/mol. The van der Waals surface area contributed by atoms with E-state index >= 15 is 0 Å². The van der Waals surface area contributed by atoms with Crippen LogP contribution in [0, 0.1) is 6.92 Å². The van der Waals surface area contributed by atoms with Gasteiger partial charge in [-0.25, -0.2) is 15.0 Å². The molecule has 170 valence electrons. The van der Waals surface area contributed by atoms with Gasteiger partial charge in [-0.3, -0.25) is 9.69 Å². The van der Waals surface area contributed by atoms with Crippen LogP contribution in [-0.2, 0) is 6.42 Å². The van der Waals surface area contributed by atoms with Crippen molar-refractivity contribution in [3.63, 3.8) is 0 Å². The molecule has 1 aliphatic carbocycles. The van der Waals surface area contributed by atoms with Crippen molar-refractivity contribution >= 4 is 23.1 Å². The predicted octanol–water partition coefficient (Wildman–Crippen LogP) is 2.30. The van der Waals surface area contributed by atoms with E-state index in [9.17, 15) is 4.79 Å². The lowest BCUT2D eigenvalue weighted by Gasteiger charge is -2.35. The molecule has 0 radical (unpaired) electrons. The third-order valence-electron chi connectivity index (χ3n) is 5.87. The standard InChI is InChI=1S/C23H30N6O2S/c1-15-4-5-16(2)22(15)27-23(31)19-14-24-21(32-19)13-18-12-20(26-17(3)25-18)29-8-6-28(7-9-29)10-11-30/h4,12,14,30H,5-11,13H2,1-3H3,(H,27,31). The van der Waals surface area contributed by atoms with Crippen molar-refractivity contribution in [3.8, 4) is 0 Å². The number of piperazine rings is 1. The van der Waals surface area contributed by atoms with E-state index in [2.05, 4.69) is 36.1 Å². The maximum Gasteiger partial charge on any atom is 0.267 e. The molecule has 1 fully saturated rings. The smallest absolute Gasteiger partial charge is 0.267 e. The number of hydrogen-bond acceptors (Lipinski definition) is 8. The monoisotopic (exact) mass is 454 g/mol. The molecule has 2 aromatic rings. The van der Waals surface area contributed by atoms with Gasteiger partial charge >= 0.3 is 0 Å². The molecule has 0 bridgehead atoms. The fourth-order valence-electron chi connectivity index (χ4n) is 4.09. The van der Waals surface area contributed by atoms with Gasteiger partial charge in [0.05, 0.1) is 23.5 Å². The Bertz CT molecular complexity index is 1050. The van der Waals surface area contributed by atoms with E-state index in [-0.39, 0.29) is 12.5 Å². The summed E-state index contributed by atoms with van der Waals surface area (Å²) >= 11 is 1.41. The van der Waals surface area contributed by atoms with Crippen LogP contribution in [-0.4, -0.2) is 70.2 Å². The molecule has 0 aromatic carbocycles. The molecule has 2 aromatic heterocycles. The number of carbonyl (C=O) groups excluding carboxylic acids is 1. The first-order valence-corrected chi connectivity index (χ1v) is 11.8. The number of amides is 1. The highest BCUT2D eigenvalue weighted by Gasteiger charge is 2.20. The summed E-state index contributed by atoms with van der Waals surface area (Å²) in [4.78, 5) is 31.5. The van der Waals surface area contributed by atoms with Gasteiger partial charge < -0.3 is 15.3 Å². The molecule has 0 unspecified atom stereocenters. The van der Waals surface area contributed by atoms with Crippen LogP contribution in [0.5, 0.6) is 0 Å². The van der Waals surface area contributed by atoms with Crippen LogP contribution in [0.3, 0.4) is 0 Å². The summed E-state index contributed by atoms with van der Waals surface area (Å²) in [7, 11) is 0. The summed E-state index contributed by atoms with van der Waals surface area (Å²) in [5, 5.41) is 13.0. The minimum atomic E-state index is -0.113. The van der Waals surface area contributed by atoms with E-state index in [1.54, 1.807) is 6.20 Å². The number of allylic oxidation sites excluding steroid dienone is 3. The van der Waals surface area contributed by atoms with Gasteiger partial charge in [0.25, 0.3) is 5.91 Å². The van der Waals surface area contributed by atoms with Gasteiger partial charge in [0.2, 0.25) is 0 Å². The molecule has 1 amide bonds. The summed E-state index contributed by atoms with van der Waals surface area (Å²) in [6.07, 6.45) is 5.24. The Hall–Kier alpha value is -2.62. The molecule has 9 heteroatoms. The van der Waals surface area contributed by atoms with Gasteiger partial charge in [0, 0.05) is 50.9 Å². The number of anilines is 1. The van der Waals surface area contributed by atoms with E-state index in [0.717, 1.165) is 66.2 Å². The van der Waals surface area contributed by atoms with Crippen molar-refractivity contribution < 1.29 is 9.90 Å². The molecule has 8 nitrogen and oxygen atoms in total. The minimum Gasteiger partial charge on any atom is -0.395 e. The van der Waals surface area contributed by atoms with Gasteiger partial charge in [-0.15, -0.1) is 11.3 Å². The number of hydrogen-bond donors (Lipinski definition) is 2. The van der Waals surface area contributed by atoms with E-state index in [1.807, 2.05) is 26.8 Å². The van der Waals surface area contributed by atoms with Gasteiger partial charge in [-0.2, -0.15) is 0 Å². The molecule has 1 aliphatic heterocycles. The summed E-state index contributed by atoms with van der Waals surface area (Å²) in [6.45, 7) is 10.5. The van der Waals surface area contributed by atoms with E-state index in [4.69, 9.17) is 5.11 Å². The number of aliphatic hydroxyl groups is 1. The van der Waals surface area contributed by atoms with Crippen LogP contribution in [0.2, 0.25) is 0 Å². The third-order valence-corrected chi connectivity index (χ3v) is 6.87. The molecular weight excluding hydrogens is 424 g/mol. The van der Waals surface area contributed by atoms with Gasteiger partial charge in [-0.1, -0.05) is 6.08 Å². The Morgan fingerprint density at radius 1 is 1.19 bits per heavy atom. The summed E-state index contributed by atoms with van der Waals surface area (Å²) in [6, 6.07) is 2.02. The maximum absolute atomic E-state index is 12.7. The number of carbonyl (C=O) groups is 1. The first kappa shape index (κ1) is 22.6. The molecule has 0 spiro atoms. The van der Waals surface area contributed by atoms with Gasteiger partial charge in [0.15, 0.2) is 0 Å². The second-order valence-corrected chi connectivity index (χ2v) is 9.43. The normalized spacial score (nSPS) is 17.1. The zero-order chi connectivity index (χ0) is 22.7. The number of nitrogens with zero attached hydrogens (tertiary/aromatic N) is 5. The lowest BCUT2D eigenvalue weighted by atomic mass is 10.2. The summed E-state index contributed by atoms with van der Waals surface area (Å²) in [5.74, 6) is 1.55. The second-order valence-electron chi connectivity index (χ2n) is 8.31. The number of aliphatic hydroxyl groups excluding tert-OH is 1. The highest BCUT2D eigenvalue weighted by Crippen LogP contribution is 2.25. The molecule has 1 saturated heterocycles. The number of aryl methyl sites for hydroxylation is 1. The Morgan fingerprint density at radius 2 is 1.97 bits per heavy atom. The van der Waals surface area contributed by atoms with Crippen molar-refractivity contribution in [2.45, 2.75) is 33.6 Å². The SMILES string of the molecule is CC1=CCC(C)=C1NC(=O)c1cnc(Cc2cc(N3CCN(CCO)CC3)nc(C)n2)s1. The van der Waals surface area contributed by atoms with Crippen LogP contribution >= 0.6 is 11.3 Å². The largest absolute Gasteiger partial charge is 0.395 e. The zero-order valence-corrected chi connectivity index (χ0v) is 19.7. The second kappa shape index (κ2) is 9.89. The number of nitrogens with one attached hydrogen (secondary N) is 1. The zero-order valence-electron chi connectivity index (χ0n) is 18.9. The Labute approximate surface area is 192 Å². The first-order chi connectivity index (χ1) is 15.4. The van der Waals surface area contributed by atoms with Crippen molar-refractivity contribution in [1.82, 2.24) is 25.2 Å². The van der Waals surface area contributed by atoms with Crippen molar-refractivity contribution in [2.75, 3.05) is 44.2 Å². The Morgan fingerprint density at radius 3 is 2.66 bits per heavy atom. The molecule has 0 saturated carbocycles. The van der Waals surface area contributed by atoms with Crippen molar-refractivity contribution in [2.24, 2.45) is 0 Å². The van der Waals surface area contributed by atoms with Crippen molar-refractivity contribution in [1.29, 1.82) is 0 Å². The number of thiazole rings is 1. The molecule has 32 heavy (non-hydrogen) atoms. The predicted molar refractivity (Wildman–Crippen MR) is 126 cm³/mol. The van der Waals surface area contributed by atoms with Gasteiger partial charge in [-0.05, 0) is 38.3 Å². The number of aromatic nitrogens is 3. The fraction of sp³-hybridized carbons (Fsp3) is 0.478. The Kier molecular flexibility index (Phi) is 6.98. The Balaban J connectivity index is 1.42. The molecule has 3 heterocycles. The lowest BCUT2D eigenvalue weighted by Crippen LogP contribution is -2.47. The fourth-order valence-corrected chi connectivity index (χ4v) is 4.91. The molecule has 2 aliphatic rings. The highest BCUT2D eigenvalue weighted by atomic mass is 32.1. The average Bonchev–Trinajstić information content (AvgIpc) is 3.36. The van der Waals surface area contributed by atoms with E-state index in [1.165, 1.54) is 16.9 Å². The van der Waals surface area contributed by atoms with Crippen LogP contribution < -0.4 is 10.2 Å². The summed E-state index contributed by atoms with van der Waals surface area (Å²) < 4.78 is 0. The number of β-amino-alcohol motifs (C(OH)–C–C–N with tert-alkyl or cyclic N) is 1. The van der Waals surface area contributed by atoms with Crippen LogP contribution in [0.25, 0.3) is 0 Å². The first-order valence-electron chi connectivity index (χ1n) is 11.0. The maximum atomic E-state index is 12.7. The van der Waals surface area contributed by atoms with E-state index in [0.29, 0.717) is 17.8 Å². The molecule has 4 rings (SSSR count). The van der Waals surface area contributed by atoms with Crippen LogP contribution in [0.4, 0.5) is 5.82 Å². The van der Waals surface area contributed by atoms with Crippen LogP contribution in [0.1, 0.15) is 46.5 Å². The summed E-state index contributed by atoms with van der Waals surface area (Å²) in [5.41, 5.74) is 4.13. The minimum absolute atomic E-state index is 0.113. The third kappa shape index (κ3) is 5.23. The number of rotatable bonds is 7. The van der Waals surface area contributed by atoms with E-state index < -0.39 is 0 Å². The quantitative estimate of drug-likeness (QED) is 0.663. The highest BCUT2D eigenvalue weighted by molar-refractivity contribution is 7.13. The van der Waals surface area contributed by atoms with Gasteiger partial charge in [0.1, 0.15) is 16.5 Å². The molecule has 0 atom stereocenters. The molecule has 2 N–H and O–H groups in total. The lowest BCUT2D eigenvalue weighted by molar-refractivity contribution is 0.0970. The molecular formula is C23H30N6O2S.